The maximum atomic E-state index is 3.50. The second-order valence-electron chi connectivity index (χ2n) is 4.29. The molecule has 0 aromatic heterocycles. The molecule has 88 valence electrons. The van der Waals surface area contributed by atoms with E-state index >= 15 is 0 Å². The Morgan fingerprint density at radius 3 is 2.24 bits per heavy atom. The van der Waals surface area contributed by atoms with Gasteiger partial charge in [-0.05, 0) is 36.1 Å². The van der Waals surface area contributed by atoms with E-state index in [4.69, 9.17) is 0 Å². The number of benzene rings is 2. The Hall–Kier alpha value is -1.76. The lowest BCUT2D eigenvalue weighted by atomic mass is 10.1. The van der Waals surface area contributed by atoms with Crippen LogP contribution in [0.3, 0.4) is 0 Å². The first kappa shape index (κ1) is 11.7. The summed E-state index contributed by atoms with van der Waals surface area (Å²) in [6, 6.07) is 17.0. The molecular formula is C16H19N. The molecule has 0 radical (unpaired) electrons. The second-order valence-corrected chi connectivity index (χ2v) is 4.29. The lowest BCUT2D eigenvalue weighted by molar-refractivity contribution is 1.04. The van der Waals surface area contributed by atoms with E-state index in [1.54, 1.807) is 0 Å². The standard InChI is InChI=1S/C16H19N/c1-3-14-9-5-6-10-15(14)12-17-16-11-7-4-8-13(16)2/h4-11,17H,3,12H2,1-2H3. The summed E-state index contributed by atoms with van der Waals surface area (Å²) >= 11 is 0. The molecule has 0 fully saturated rings. The van der Waals surface area contributed by atoms with E-state index in [0.29, 0.717) is 0 Å². The summed E-state index contributed by atoms with van der Waals surface area (Å²) in [4.78, 5) is 0. The highest BCUT2D eigenvalue weighted by atomic mass is 14.9. The minimum Gasteiger partial charge on any atom is -0.381 e. The third-order valence-electron chi connectivity index (χ3n) is 3.11. The normalized spacial score (nSPS) is 10.2. The van der Waals surface area contributed by atoms with Gasteiger partial charge >= 0.3 is 0 Å². The van der Waals surface area contributed by atoms with E-state index in [-0.39, 0.29) is 0 Å². The maximum Gasteiger partial charge on any atom is 0.0403 e. The SMILES string of the molecule is CCc1ccccc1CNc1ccccc1C. The Labute approximate surface area is 103 Å². The number of nitrogens with one attached hydrogen (secondary N) is 1. The van der Waals surface area contributed by atoms with Gasteiger partial charge < -0.3 is 5.32 Å². The molecule has 0 atom stereocenters. The molecule has 1 nitrogen and oxygen atoms in total. The molecule has 0 aliphatic rings. The monoisotopic (exact) mass is 225 g/mol. The van der Waals surface area contributed by atoms with Crippen LogP contribution in [0.4, 0.5) is 5.69 Å². The number of rotatable bonds is 4. The molecule has 1 heteroatoms. The minimum absolute atomic E-state index is 0.898. The zero-order chi connectivity index (χ0) is 12.1. The number of aryl methyl sites for hydroxylation is 2. The van der Waals surface area contributed by atoms with Crippen molar-refractivity contribution in [1.29, 1.82) is 0 Å². The molecule has 0 saturated carbocycles. The molecule has 0 aliphatic carbocycles. The van der Waals surface area contributed by atoms with Gasteiger partial charge in [-0.3, -0.25) is 0 Å². The van der Waals surface area contributed by atoms with Crippen LogP contribution in [0.25, 0.3) is 0 Å². The molecule has 2 aromatic carbocycles. The van der Waals surface area contributed by atoms with Crippen LogP contribution >= 0.6 is 0 Å². The first-order valence-electron chi connectivity index (χ1n) is 6.17. The van der Waals surface area contributed by atoms with Gasteiger partial charge in [0, 0.05) is 12.2 Å². The molecule has 0 aliphatic heterocycles. The van der Waals surface area contributed by atoms with Crippen LogP contribution in [0, 0.1) is 6.92 Å². The molecule has 1 N–H and O–H groups in total. The van der Waals surface area contributed by atoms with Gasteiger partial charge in [-0.25, -0.2) is 0 Å². The highest BCUT2D eigenvalue weighted by Gasteiger charge is 2.00. The van der Waals surface area contributed by atoms with Crippen LogP contribution in [0.2, 0.25) is 0 Å². The fourth-order valence-corrected chi connectivity index (χ4v) is 2.04. The van der Waals surface area contributed by atoms with Gasteiger partial charge in [0.05, 0.1) is 0 Å². The molecule has 0 amide bonds. The minimum atomic E-state index is 0.898. The Bertz CT molecular complexity index is 488. The summed E-state index contributed by atoms with van der Waals surface area (Å²) in [6.07, 6.45) is 1.09. The van der Waals surface area contributed by atoms with Crippen LogP contribution in [0.5, 0.6) is 0 Å². The Balaban J connectivity index is 2.10. The first-order chi connectivity index (χ1) is 8.31. The number of hydrogen-bond donors (Lipinski definition) is 1. The van der Waals surface area contributed by atoms with E-state index in [1.165, 1.54) is 22.4 Å². The predicted molar refractivity (Wildman–Crippen MR) is 74.3 cm³/mol. The molecule has 17 heavy (non-hydrogen) atoms. The molecular weight excluding hydrogens is 206 g/mol. The van der Waals surface area contributed by atoms with Gasteiger partial charge in [-0.2, -0.15) is 0 Å². The van der Waals surface area contributed by atoms with Gasteiger partial charge in [-0.1, -0.05) is 49.4 Å². The van der Waals surface area contributed by atoms with Crippen molar-refractivity contribution in [3.05, 3.63) is 65.2 Å². The van der Waals surface area contributed by atoms with E-state index in [2.05, 4.69) is 67.7 Å². The summed E-state index contributed by atoms with van der Waals surface area (Å²) in [5.41, 5.74) is 5.33. The van der Waals surface area contributed by atoms with Gasteiger partial charge in [0.2, 0.25) is 0 Å². The van der Waals surface area contributed by atoms with Crippen LogP contribution in [0.1, 0.15) is 23.6 Å². The van der Waals surface area contributed by atoms with Gasteiger partial charge in [0.1, 0.15) is 0 Å². The van der Waals surface area contributed by atoms with Gasteiger partial charge in [0.15, 0.2) is 0 Å². The van der Waals surface area contributed by atoms with Crippen LogP contribution in [0.15, 0.2) is 48.5 Å². The topological polar surface area (TPSA) is 12.0 Å². The molecule has 0 heterocycles. The van der Waals surface area contributed by atoms with Crippen molar-refractivity contribution in [2.45, 2.75) is 26.8 Å². The van der Waals surface area contributed by atoms with E-state index in [9.17, 15) is 0 Å². The van der Waals surface area contributed by atoms with Crippen molar-refractivity contribution in [3.8, 4) is 0 Å². The molecule has 0 saturated heterocycles. The largest absolute Gasteiger partial charge is 0.381 e. The van der Waals surface area contributed by atoms with Crippen LogP contribution in [-0.2, 0) is 13.0 Å². The highest BCUT2D eigenvalue weighted by Crippen LogP contribution is 2.16. The van der Waals surface area contributed by atoms with Crippen molar-refractivity contribution in [1.82, 2.24) is 0 Å². The Morgan fingerprint density at radius 1 is 0.882 bits per heavy atom. The molecule has 2 aromatic rings. The zero-order valence-corrected chi connectivity index (χ0v) is 10.5. The summed E-state index contributed by atoms with van der Waals surface area (Å²) in [7, 11) is 0. The maximum absolute atomic E-state index is 3.50. The smallest absolute Gasteiger partial charge is 0.0403 e. The predicted octanol–water partition coefficient (Wildman–Crippen LogP) is 4.17. The van der Waals surface area contributed by atoms with Crippen LogP contribution in [-0.4, -0.2) is 0 Å². The third-order valence-corrected chi connectivity index (χ3v) is 3.11. The summed E-state index contributed by atoms with van der Waals surface area (Å²) in [5.74, 6) is 0. The second kappa shape index (κ2) is 5.53. The molecule has 0 unspecified atom stereocenters. The van der Waals surface area contributed by atoms with Crippen molar-refractivity contribution in [3.63, 3.8) is 0 Å². The quantitative estimate of drug-likeness (QED) is 0.823. The van der Waals surface area contributed by atoms with Crippen molar-refractivity contribution in [2.24, 2.45) is 0 Å². The highest BCUT2D eigenvalue weighted by molar-refractivity contribution is 5.50. The van der Waals surface area contributed by atoms with Gasteiger partial charge in [0.25, 0.3) is 0 Å². The molecule has 0 bridgehead atoms. The average Bonchev–Trinajstić information content (AvgIpc) is 2.38. The summed E-state index contributed by atoms with van der Waals surface area (Å²) in [6.45, 7) is 5.23. The Kier molecular flexibility index (Phi) is 3.81. The lowest BCUT2D eigenvalue weighted by Crippen LogP contribution is -2.03. The summed E-state index contributed by atoms with van der Waals surface area (Å²) < 4.78 is 0. The summed E-state index contributed by atoms with van der Waals surface area (Å²) in [5, 5.41) is 3.50. The van der Waals surface area contributed by atoms with Gasteiger partial charge in [-0.15, -0.1) is 0 Å². The lowest BCUT2D eigenvalue weighted by Gasteiger charge is -2.12. The fraction of sp³-hybridized carbons (Fsp3) is 0.250. The Morgan fingerprint density at radius 2 is 1.53 bits per heavy atom. The first-order valence-corrected chi connectivity index (χ1v) is 6.17. The third kappa shape index (κ3) is 2.88. The van der Waals surface area contributed by atoms with Crippen molar-refractivity contribution < 1.29 is 0 Å². The molecule has 2 rings (SSSR count). The van der Waals surface area contributed by atoms with E-state index < -0.39 is 0 Å². The van der Waals surface area contributed by atoms with E-state index in [1.807, 2.05) is 0 Å². The van der Waals surface area contributed by atoms with Crippen molar-refractivity contribution in [2.75, 3.05) is 5.32 Å². The number of hydrogen-bond acceptors (Lipinski definition) is 1. The van der Waals surface area contributed by atoms with E-state index in [0.717, 1.165) is 13.0 Å². The fourth-order valence-electron chi connectivity index (χ4n) is 2.04. The number of anilines is 1. The number of para-hydroxylation sites is 1. The van der Waals surface area contributed by atoms with Crippen LogP contribution < -0.4 is 5.32 Å². The van der Waals surface area contributed by atoms with Crippen molar-refractivity contribution >= 4 is 5.69 Å². The zero-order valence-electron chi connectivity index (χ0n) is 10.5. The average molecular weight is 225 g/mol. The molecule has 0 spiro atoms.